The van der Waals surface area contributed by atoms with Gasteiger partial charge in [0.05, 0.1) is 5.41 Å². The van der Waals surface area contributed by atoms with Crippen LogP contribution in [0, 0.1) is 5.41 Å². The summed E-state index contributed by atoms with van der Waals surface area (Å²) in [5.74, 6) is -0.640. The number of carbonyl (C=O) groups is 1. The fourth-order valence-electron chi connectivity index (χ4n) is 1.55. The largest absolute Gasteiger partial charge is 0.491 e. The summed E-state index contributed by atoms with van der Waals surface area (Å²) in [7, 11) is -9.72. The molecule has 1 unspecified atom stereocenters. The van der Waals surface area contributed by atoms with Crippen LogP contribution in [0.2, 0.25) is 0 Å². The van der Waals surface area contributed by atoms with Gasteiger partial charge in [-0.1, -0.05) is 26.4 Å². The van der Waals surface area contributed by atoms with Crippen molar-refractivity contribution in [1.82, 2.24) is 0 Å². The lowest BCUT2D eigenvalue weighted by atomic mass is 9.91. The van der Waals surface area contributed by atoms with Crippen molar-refractivity contribution in [2.75, 3.05) is 13.2 Å². The molecule has 0 fully saturated rings. The molecule has 0 heterocycles. The molecule has 4 nitrogen and oxygen atoms in total. The first kappa shape index (κ1) is 21.5. The Morgan fingerprint density at radius 1 is 1.12 bits per heavy atom. The maximum atomic E-state index is 12.6. The summed E-state index contributed by atoms with van der Waals surface area (Å²) in [4.78, 5) is 9.69. The third kappa shape index (κ3) is 6.69. The number of hydrogen-bond acceptors (Lipinski definition) is 4. The number of carbonyl (C=O) groups excluding carboxylic acids is 1. The normalized spacial score (nSPS) is 16.5. The minimum atomic E-state index is -9.72. The summed E-state index contributed by atoms with van der Waals surface area (Å²) in [6.45, 7) is 4.43. The van der Waals surface area contributed by atoms with Crippen LogP contribution in [0.15, 0.2) is 29.2 Å². The molecular weight excluding hydrogens is 371 g/mol. The molecular formula is C15H21F5O4S. The number of aliphatic hydroxyl groups is 1. The lowest BCUT2D eigenvalue weighted by Crippen LogP contribution is -2.31. The van der Waals surface area contributed by atoms with E-state index in [4.69, 9.17) is 9.47 Å². The quantitative estimate of drug-likeness (QED) is 0.496. The van der Waals surface area contributed by atoms with Crippen LogP contribution >= 0.6 is 10.2 Å². The second-order valence-corrected chi connectivity index (χ2v) is 8.65. The van der Waals surface area contributed by atoms with Crippen molar-refractivity contribution in [3.63, 3.8) is 0 Å². The molecule has 1 rings (SSSR count). The van der Waals surface area contributed by atoms with E-state index in [2.05, 4.69) is 0 Å². The fourth-order valence-corrected chi connectivity index (χ4v) is 2.20. The van der Waals surface area contributed by atoms with Crippen LogP contribution in [0.5, 0.6) is 5.75 Å². The lowest BCUT2D eigenvalue weighted by Gasteiger charge is -2.40. The van der Waals surface area contributed by atoms with Crippen molar-refractivity contribution >= 4 is 16.2 Å². The van der Waals surface area contributed by atoms with Gasteiger partial charge in [-0.05, 0) is 44.5 Å². The van der Waals surface area contributed by atoms with Crippen molar-refractivity contribution in [3.05, 3.63) is 24.3 Å². The molecule has 1 N–H and O–H groups in total. The summed E-state index contributed by atoms with van der Waals surface area (Å²) in [6, 6.07) is 1.89. The SMILES string of the molecule is CCC(C)(C)C(=O)OCC(O)COc1ccc(S(F)(F)(F)(F)F)cc1. The third-order valence-corrected chi connectivity index (χ3v) is 4.72. The number of ether oxygens (including phenoxy) is 2. The molecule has 0 spiro atoms. The minimum absolute atomic E-state index is 0.134. The number of aliphatic hydroxyl groups excluding tert-OH is 1. The van der Waals surface area contributed by atoms with Crippen LogP contribution in [-0.4, -0.2) is 30.4 Å². The molecule has 0 saturated heterocycles. The van der Waals surface area contributed by atoms with Crippen molar-refractivity contribution in [2.45, 2.75) is 38.2 Å². The summed E-state index contributed by atoms with van der Waals surface area (Å²) < 4.78 is 72.8. The predicted octanol–water partition coefficient (Wildman–Crippen LogP) is 5.06. The van der Waals surface area contributed by atoms with Crippen LogP contribution < -0.4 is 4.74 Å². The van der Waals surface area contributed by atoms with Crippen LogP contribution in [0.4, 0.5) is 19.4 Å². The number of benzene rings is 1. The highest BCUT2D eigenvalue weighted by Gasteiger charge is 2.65. The van der Waals surface area contributed by atoms with Gasteiger partial charge < -0.3 is 14.6 Å². The van der Waals surface area contributed by atoms with Crippen molar-refractivity contribution in [3.8, 4) is 5.75 Å². The summed E-state index contributed by atoms with van der Waals surface area (Å²) in [6.07, 6.45) is -0.677. The second-order valence-electron chi connectivity index (χ2n) is 6.24. The molecule has 0 bridgehead atoms. The number of rotatable bonds is 8. The minimum Gasteiger partial charge on any atom is -0.491 e. The zero-order valence-corrected chi connectivity index (χ0v) is 14.8. The van der Waals surface area contributed by atoms with Gasteiger partial charge in [-0.2, -0.15) is 0 Å². The number of hydrogen-bond donors (Lipinski definition) is 1. The number of halogens is 5. The molecule has 1 atom stereocenters. The van der Waals surface area contributed by atoms with Gasteiger partial charge in [-0.25, -0.2) is 0 Å². The van der Waals surface area contributed by atoms with E-state index in [1.165, 1.54) is 0 Å². The molecule has 0 amide bonds. The molecule has 0 saturated carbocycles. The first-order chi connectivity index (χ1) is 11.0. The highest BCUT2D eigenvalue weighted by Crippen LogP contribution is 3.02. The van der Waals surface area contributed by atoms with E-state index in [1.807, 2.05) is 0 Å². The van der Waals surface area contributed by atoms with E-state index in [0.717, 1.165) is 12.1 Å². The lowest BCUT2D eigenvalue weighted by molar-refractivity contribution is -0.157. The average Bonchev–Trinajstić information content (AvgIpc) is 2.48. The Bertz CT molecular complexity index is 613. The average molecular weight is 392 g/mol. The van der Waals surface area contributed by atoms with Gasteiger partial charge in [0.25, 0.3) is 0 Å². The topological polar surface area (TPSA) is 55.8 Å². The van der Waals surface area contributed by atoms with Gasteiger partial charge in [0.15, 0.2) is 0 Å². The monoisotopic (exact) mass is 392 g/mol. The van der Waals surface area contributed by atoms with E-state index in [-0.39, 0.29) is 31.1 Å². The summed E-state index contributed by atoms with van der Waals surface area (Å²) in [5, 5.41) is 9.67. The van der Waals surface area contributed by atoms with Crippen LogP contribution in [0.3, 0.4) is 0 Å². The molecule has 0 aliphatic heterocycles. The Morgan fingerprint density at radius 2 is 1.64 bits per heavy atom. The second kappa shape index (κ2) is 6.31. The first-order valence-electron chi connectivity index (χ1n) is 7.37. The van der Waals surface area contributed by atoms with Gasteiger partial charge in [0.1, 0.15) is 30.0 Å². The Kier molecular flexibility index (Phi) is 5.43. The van der Waals surface area contributed by atoms with E-state index in [9.17, 15) is 29.3 Å². The van der Waals surface area contributed by atoms with E-state index in [0.29, 0.717) is 6.42 Å². The Hall–Kier alpha value is -1.55. The van der Waals surface area contributed by atoms with Crippen molar-refractivity contribution in [1.29, 1.82) is 0 Å². The maximum Gasteiger partial charge on any atom is 0.311 e. The van der Waals surface area contributed by atoms with E-state index in [1.54, 1.807) is 20.8 Å². The standard InChI is InChI=1S/C15H21F5O4S/c1-4-15(2,3)14(22)24-10-11(21)9-23-12-5-7-13(8-6-12)25(16,17,18,19)20/h5-8,11,21H,4,9-10H2,1-3H3. The zero-order valence-electron chi connectivity index (χ0n) is 14.0. The highest BCUT2D eigenvalue weighted by atomic mass is 32.5. The molecule has 1 aromatic carbocycles. The van der Waals surface area contributed by atoms with Gasteiger partial charge in [0.2, 0.25) is 0 Å². The Morgan fingerprint density at radius 3 is 2.08 bits per heavy atom. The van der Waals surface area contributed by atoms with Crippen LogP contribution in [-0.2, 0) is 9.53 Å². The Labute approximate surface area is 142 Å². The van der Waals surface area contributed by atoms with Crippen molar-refractivity contribution in [2.24, 2.45) is 5.41 Å². The van der Waals surface area contributed by atoms with Gasteiger partial charge >= 0.3 is 16.2 Å². The molecule has 146 valence electrons. The zero-order chi connectivity index (χ0) is 19.6. The Balaban J connectivity index is 2.55. The summed E-state index contributed by atoms with van der Waals surface area (Å²) in [5.41, 5.74) is -0.706. The fraction of sp³-hybridized carbons (Fsp3) is 0.533. The van der Waals surface area contributed by atoms with E-state index >= 15 is 0 Å². The first-order valence-corrected chi connectivity index (χ1v) is 9.32. The molecule has 0 aliphatic rings. The summed E-state index contributed by atoms with van der Waals surface area (Å²) >= 11 is 0. The highest BCUT2D eigenvalue weighted by molar-refractivity contribution is 8.45. The van der Waals surface area contributed by atoms with Crippen LogP contribution in [0.25, 0.3) is 0 Å². The molecule has 10 heteroatoms. The molecule has 0 aromatic heterocycles. The van der Waals surface area contributed by atoms with Crippen LogP contribution in [0.1, 0.15) is 27.2 Å². The van der Waals surface area contributed by atoms with E-state index < -0.39 is 32.6 Å². The molecule has 0 radical (unpaired) electrons. The molecule has 1 aromatic rings. The smallest absolute Gasteiger partial charge is 0.311 e. The predicted molar refractivity (Wildman–Crippen MR) is 84.4 cm³/mol. The van der Waals surface area contributed by atoms with Gasteiger partial charge in [-0.15, -0.1) is 0 Å². The third-order valence-electron chi connectivity index (χ3n) is 3.55. The van der Waals surface area contributed by atoms with Gasteiger partial charge in [0, 0.05) is 0 Å². The van der Waals surface area contributed by atoms with Crippen molar-refractivity contribution < 1.29 is 38.8 Å². The molecule has 0 aliphatic carbocycles. The molecule has 25 heavy (non-hydrogen) atoms. The number of esters is 1. The maximum absolute atomic E-state index is 12.6. The van der Waals surface area contributed by atoms with Gasteiger partial charge in [-0.3, -0.25) is 4.79 Å².